The van der Waals surface area contributed by atoms with E-state index >= 15 is 0 Å². The molecule has 0 unspecified atom stereocenters. The van der Waals surface area contributed by atoms with Crippen molar-refractivity contribution >= 4 is 23.1 Å². The van der Waals surface area contributed by atoms with Crippen molar-refractivity contribution in [3.05, 3.63) is 99.5 Å². The van der Waals surface area contributed by atoms with E-state index in [0.29, 0.717) is 11.3 Å². The molecule has 0 aliphatic carbocycles. The summed E-state index contributed by atoms with van der Waals surface area (Å²) >= 11 is 0. The number of furan rings is 1. The second-order valence-electron chi connectivity index (χ2n) is 6.91. The highest BCUT2D eigenvalue weighted by Crippen LogP contribution is 2.40. The fourth-order valence-corrected chi connectivity index (χ4v) is 3.54. The number of rotatable bonds is 5. The summed E-state index contributed by atoms with van der Waals surface area (Å²) in [7, 11) is 0. The fraction of sp³-hybridized carbons (Fsp3) is 0.0909. The lowest BCUT2D eigenvalue weighted by molar-refractivity contribution is -0.384. The highest BCUT2D eigenvalue weighted by atomic mass is 16.6. The number of Topliss-reactive ketones (excluding diaryl/α,β-unsaturated/α-hetero) is 1. The number of nitrogens with zero attached hydrogens (tertiary/aromatic N) is 2. The molecule has 2 aromatic carbocycles. The number of benzene rings is 2. The van der Waals surface area contributed by atoms with E-state index in [2.05, 4.69) is 0 Å². The van der Waals surface area contributed by atoms with E-state index in [4.69, 9.17) is 4.42 Å². The molecule has 9 heteroatoms. The van der Waals surface area contributed by atoms with E-state index in [-0.39, 0.29) is 29.1 Å². The number of ketones is 1. The zero-order chi connectivity index (χ0) is 22.1. The Morgan fingerprint density at radius 2 is 1.84 bits per heavy atom. The number of likely N-dealkylation sites (tertiary alicyclic amines) is 1. The average molecular weight is 420 g/mol. The summed E-state index contributed by atoms with van der Waals surface area (Å²) in [6.45, 7) is -0.0329. The van der Waals surface area contributed by atoms with Crippen molar-refractivity contribution in [1.29, 1.82) is 0 Å². The van der Waals surface area contributed by atoms with Crippen LogP contribution in [0.25, 0.3) is 5.76 Å². The molecule has 0 saturated carbocycles. The van der Waals surface area contributed by atoms with E-state index in [1.54, 1.807) is 12.1 Å². The van der Waals surface area contributed by atoms with Gasteiger partial charge in [-0.25, -0.2) is 0 Å². The molecule has 1 aliphatic heterocycles. The van der Waals surface area contributed by atoms with Gasteiger partial charge < -0.3 is 19.5 Å². The van der Waals surface area contributed by atoms with E-state index in [1.807, 2.05) is 0 Å². The van der Waals surface area contributed by atoms with Crippen LogP contribution in [0.15, 0.2) is 76.9 Å². The van der Waals surface area contributed by atoms with Gasteiger partial charge in [0.25, 0.3) is 17.4 Å². The molecule has 31 heavy (non-hydrogen) atoms. The minimum absolute atomic E-state index is 0.00887. The molecule has 1 aromatic heterocycles. The monoisotopic (exact) mass is 420 g/mol. The molecule has 1 amide bonds. The molecular weight excluding hydrogens is 404 g/mol. The highest BCUT2D eigenvalue weighted by Gasteiger charge is 2.46. The van der Waals surface area contributed by atoms with Crippen LogP contribution in [0.1, 0.15) is 22.9 Å². The van der Waals surface area contributed by atoms with Crippen LogP contribution in [0.4, 0.5) is 5.69 Å². The Kier molecular flexibility index (Phi) is 5.00. The second kappa shape index (κ2) is 7.79. The van der Waals surface area contributed by atoms with Crippen LogP contribution in [0.5, 0.6) is 5.75 Å². The average Bonchev–Trinajstić information content (AvgIpc) is 3.36. The molecule has 1 saturated heterocycles. The van der Waals surface area contributed by atoms with Gasteiger partial charge in [-0.15, -0.1) is 0 Å². The minimum atomic E-state index is -0.982. The van der Waals surface area contributed by atoms with Gasteiger partial charge in [0.15, 0.2) is 0 Å². The van der Waals surface area contributed by atoms with Crippen molar-refractivity contribution in [3.63, 3.8) is 0 Å². The van der Waals surface area contributed by atoms with E-state index in [1.165, 1.54) is 53.6 Å². The second-order valence-corrected chi connectivity index (χ2v) is 6.91. The van der Waals surface area contributed by atoms with Gasteiger partial charge in [-0.1, -0.05) is 24.3 Å². The molecule has 2 heterocycles. The first kappa shape index (κ1) is 19.9. The third-order valence-electron chi connectivity index (χ3n) is 4.99. The molecular formula is C22H16N2O7. The summed E-state index contributed by atoms with van der Waals surface area (Å²) in [6.07, 6.45) is 1.44. The Morgan fingerprint density at radius 1 is 1.10 bits per heavy atom. The number of carbonyl (C=O) groups excluding carboxylic acids is 2. The standard InChI is InChI=1S/C22H16N2O7/c25-16-8-6-13(7-9-16)19-18(20(26)14-3-1-4-15(11-14)24(29)30)21(27)22(28)23(19)12-17-5-2-10-31-17/h1-11,19,25-26H,12H2/t19-/m0/s1. The molecule has 1 fully saturated rings. The van der Waals surface area contributed by atoms with Gasteiger partial charge in [0.1, 0.15) is 17.3 Å². The molecule has 9 nitrogen and oxygen atoms in total. The lowest BCUT2D eigenvalue weighted by Crippen LogP contribution is -2.29. The molecule has 1 atom stereocenters. The molecule has 0 bridgehead atoms. The van der Waals surface area contributed by atoms with Crippen molar-refractivity contribution in [1.82, 2.24) is 4.90 Å². The predicted molar refractivity (Wildman–Crippen MR) is 108 cm³/mol. The molecule has 0 spiro atoms. The number of phenolic OH excluding ortho intramolecular Hbond substituents is 1. The number of amides is 1. The van der Waals surface area contributed by atoms with Gasteiger partial charge in [-0.2, -0.15) is 0 Å². The number of hydrogen-bond acceptors (Lipinski definition) is 7. The number of carbonyl (C=O) groups is 2. The molecule has 156 valence electrons. The number of phenols is 1. The Hall–Kier alpha value is -4.40. The van der Waals surface area contributed by atoms with Crippen LogP contribution in [-0.2, 0) is 16.1 Å². The fourth-order valence-electron chi connectivity index (χ4n) is 3.54. The Balaban J connectivity index is 1.87. The normalized spacial score (nSPS) is 17.8. The van der Waals surface area contributed by atoms with Crippen molar-refractivity contribution in [2.45, 2.75) is 12.6 Å². The maximum absolute atomic E-state index is 12.9. The van der Waals surface area contributed by atoms with Crippen LogP contribution in [0, 0.1) is 10.1 Å². The Bertz CT molecular complexity index is 1200. The number of nitro benzene ring substituents is 1. The van der Waals surface area contributed by atoms with E-state index in [9.17, 15) is 29.9 Å². The summed E-state index contributed by atoms with van der Waals surface area (Å²) in [5.41, 5.74) is 0.0299. The number of aliphatic hydroxyl groups is 1. The summed E-state index contributed by atoms with van der Waals surface area (Å²) in [5.74, 6) is -1.87. The van der Waals surface area contributed by atoms with Gasteiger partial charge in [0, 0.05) is 17.7 Å². The van der Waals surface area contributed by atoms with Crippen molar-refractivity contribution in [2.75, 3.05) is 0 Å². The molecule has 4 rings (SSSR count). The van der Waals surface area contributed by atoms with Gasteiger partial charge >= 0.3 is 0 Å². The van der Waals surface area contributed by atoms with Gasteiger partial charge in [-0.3, -0.25) is 19.7 Å². The minimum Gasteiger partial charge on any atom is -0.508 e. The van der Waals surface area contributed by atoms with Gasteiger partial charge in [-0.05, 0) is 29.8 Å². The third-order valence-corrected chi connectivity index (χ3v) is 4.99. The first-order valence-electron chi connectivity index (χ1n) is 9.21. The first-order chi connectivity index (χ1) is 14.9. The molecule has 2 N–H and O–H groups in total. The Morgan fingerprint density at radius 3 is 2.48 bits per heavy atom. The van der Waals surface area contributed by atoms with Crippen molar-refractivity contribution < 1.29 is 29.1 Å². The third kappa shape index (κ3) is 3.64. The van der Waals surface area contributed by atoms with Crippen molar-refractivity contribution in [2.24, 2.45) is 0 Å². The molecule has 3 aromatic rings. The van der Waals surface area contributed by atoms with E-state index < -0.39 is 28.4 Å². The number of non-ortho nitro benzene ring substituents is 1. The summed E-state index contributed by atoms with van der Waals surface area (Å²) in [6, 6.07) is 13.3. The van der Waals surface area contributed by atoms with Crippen molar-refractivity contribution in [3.8, 4) is 5.75 Å². The number of aromatic hydroxyl groups is 1. The Labute approximate surface area is 175 Å². The van der Waals surface area contributed by atoms with Crippen LogP contribution < -0.4 is 0 Å². The number of nitro groups is 1. The summed E-state index contributed by atoms with van der Waals surface area (Å²) < 4.78 is 5.31. The topological polar surface area (TPSA) is 134 Å². The lowest BCUT2D eigenvalue weighted by Gasteiger charge is -2.24. The van der Waals surface area contributed by atoms with E-state index in [0.717, 1.165) is 6.07 Å². The van der Waals surface area contributed by atoms with Crippen LogP contribution in [-0.4, -0.2) is 31.7 Å². The molecule has 0 radical (unpaired) electrons. The first-order valence-corrected chi connectivity index (χ1v) is 9.21. The zero-order valence-corrected chi connectivity index (χ0v) is 16.0. The zero-order valence-electron chi connectivity index (χ0n) is 16.0. The van der Waals surface area contributed by atoms with Crippen LogP contribution >= 0.6 is 0 Å². The maximum atomic E-state index is 12.9. The number of aliphatic hydroxyl groups excluding tert-OH is 1. The quantitative estimate of drug-likeness (QED) is 0.212. The summed E-state index contributed by atoms with van der Waals surface area (Å²) in [4.78, 5) is 37.5. The lowest BCUT2D eigenvalue weighted by atomic mass is 9.95. The smallest absolute Gasteiger partial charge is 0.296 e. The number of hydrogen-bond donors (Lipinski definition) is 2. The van der Waals surface area contributed by atoms with Gasteiger partial charge in [0.05, 0.1) is 29.3 Å². The predicted octanol–water partition coefficient (Wildman–Crippen LogP) is 3.52. The summed E-state index contributed by atoms with van der Waals surface area (Å²) in [5, 5.41) is 31.7. The molecule has 1 aliphatic rings. The highest BCUT2D eigenvalue weighted by molar-refractivity contribution is 6.46. The SMILES string of the molecule is O=C1C(=O)N(Cc2ccco2)[C@@H](c2ccc(O)cc2)C1=C(O)c1cccc([N+](=O)[O-])c1. The van der Waals surface area contributed by atoms with Gasteiger partial charge in [0.2, 0.25) is 0 Å². The largest absolute Gasteiger partial charge is 0.508 e. The van der Waals surface area contributed by atoms with Crippen LogP contribution in [0.2, 0.25) is 0 Å². The maximum Gasteiger partial charge on any atom is 0.296 e. The van der Waals surface area contributed by atoms with Crippen LogP contribution in [0.3, 0.4) is 0 Å².